The Morgan fingerprint density at radius 3 is 2.61 bits per heavy atom. The van der Waals surface area contributed by atoms with Gasteiger partial charge < -0.3 is 15.7 Å². The highest BCUT2D eigenvalue weighted by Crippen LogP contribution is 2.29. The molecule has 2 aliphatic rings. The normalized spacial score (nSPS) is 31.0. The van der Waals surface area contributed by atoms with E-state index >= 15 is 0 Å². The molecular formula is C14H26N2O2. The predicted octanol–water partition coefficient (Wildman–Crippen LogP) is 2.17. The highest BCUT2D eigenvalue weighted by Gasteiger charge is 2.35. The molecule has 0 aromatic carbocycles. The van der Waals surface area contributed by atoms with E-state index in [1.807, 2.05) is 0 Å². The lowest BCUT2D eigenvalue weighted by Gasteiger charge is -2.31. The minimum Gasteiger partial charge on any atom is -0.394 e. The van der Waals surface area contributed by atoms with Crippen molar-refractivity contribution >= 4 is 6.03 Å². The Morgan fingerprint density at radius 1 is 1.28 bits per heavy atom. The summed E-state index contributed by atoms with van der Waals surface area (Å²) in [6, 6.07) is 0.218. The van der Waals surface area contributed by atoms with Gasteiger partial charge in [0, 0.05) is 6.04 Å². The van der Waals surface area contributed by atoms with Gasteiger partial charge in [0.25, 0.3) is 0 Å². The first-order valence-electron chi connectivity index (χ1n) is 7.33. The number of carbonyl (C=O) groups excluding carboxylic acids is 1. The van der Waals surface area contributed by atoms with E-state index < -0.39 is 0 Å². The SMILES string of the molecule is CC1CCCC(NC(=O)NC2(CO)CCCC2)C1. The quantitative estimate of drug-likeness (QED) is 0.723. The van der Waals surface area contributed by atoms with E-state index in [1.54, 1.807) is 0 Å². The van der Waals surface area contributed by atoms with Gasteiger partial charge in [-0.25, -0.2) is 4.79 Å². The summed E-state index contributed by atoms with van der Waals surface area (Å²) in [4.78, 5) is 12.0. The van der Waals surface area contributed by atoms with E-state index in [1.165, 1.54) is 12.8 Å². The summed E-state index contributed by atoms with van der Waals surface area (Å²) in [7, 11) is 0. The van der Waals surface area contributed by atoms with Crippen LogP contribution in [-0.4, -0.2) is 29.3 Å². The van der Waals surface area contributed by atoms with Crippen molar-refractivity contribution in [2.75, 3.05) is 6.61 Å². The summed E-state index contributed by atoms with van der Waals surface area (Å²) < 4.78 is 0. The number of amides is 2. The summed E-state index contributed by atoms with van der Waals surface area (Å²) in [5, 5.41) is 15.5. The van der Waals surface area contributed by atoms with Crippen LogP contribution in [0.4, 0.5) is 4.79 Å². The van der Waals surface area contributed by atoms with Crippen LogP contribution in [0.15, 0.2) is 0 Å². The molecule has 0 aromatic heterocycles. The van der Waals surface area contributed by atoms with E-state index in [9.17, 15) is 9.90 Å². The second-order valence-corrected chi connectivity index (χ2v) is 6.21. The molecule has 0 heterocycles. The average molecular weight is 254 g/mol. The second-order valence-electron chi connectivity index (χ2n) is 6.21. The number of carbonyl (C=O) groups is 1. The Hall–Kier alpha value is -0.770. The van der Waals surface area contributed by atoms with Gasteiger partial charge in [0.2, 0.25) is 0 Å². The molecule has 0 saturated heterocycles. The van der Waals surface area contributed by atoms with Crippen LogP contribution in [0, 0.1) is 5.92 Å². The fourth-order valence-electron chi connectivity index (χ4n) is 3.40. The number of rotatable bonds is 3. The summed E-state index contributed by atoms with van der Waals surface area (Å²) >= 11 is 0. The van der Waals surface area contributed by atoms with E-state index in [2.05, 4.69) is 17.6 Å². The Bertz CT molecular complexity index is 288. The first-order valence-corrected chi connectivity index (χ1v) is 7.33. The summed E-state index contributed by atoms with van der Waals surface area (Å²) in [6.07, 6.45) is 8.65. The standard InChI is InChI=1S/C14H26N2O2/c1-11-5-4-6-12(9-11)15-13(18)16-14(10-17)7-2-3-8-14/h11-12,17H,2-10H2,1H3,(H2,15,16,18). The molecule has 104 valence electrons. The van der Waals surface area contributed by atoms with Crippen LogP contribution < -0.4 is 10.6 Å². The van der Waals surface area contributed by atoms with Crippen molar-refractivity contribution in [2.45, 2.75) is 69.9 Å². The Kier molecular flexibility index (Phi) is 4.49. The maximum absolute atomic E-state index is 12.0. The molecule has 0 radical (unpaired) electrons. The Labute approximate surface area is 110 Å². The molecule has 4 nitrogen and oxygen atoms in total. The lowest BCUT2D eigenvalue weighted by molar-refractivity contribution is 0.159. The van der Waals surface area contributed by atoms with Gasteiger partial charge in [0.05, 0.1) is 12.1 Å². The largest absolute Gasteiger partial charge is 0.394 e. The summed E-state index contributed by atoms with van der Waals surface area (Å²) in [6.45, 7) is 2.30. The van der Waals surface area contributed by atoms with Crippen LogP contribution in [0.3, 0.4) is 0 Å². The highest BCUT2D eigenvalue weighted by atomic mass is 16.3. The van der Waals surface area contributed by atoms with Crippen molar-refractivity contribution in [1.29, 1.82) is 0 Å². The van der Waals surface area contributed by atoms with Gasteiger partial charge in [-0.15, -0.1) is 0 Å². The molecule has 2 aliphatic carbocycles. The zero-order valence-corrected chi connectivity index (χ0v) is 11.4. The number of aliphatic hydroxyl groups excluding tert-OH is 1. The molecule has 0 aromatic rings. The van der Waals surface area contributed by atoms with Crippen LogP contribution in [0.25, 0.3) is 0 Å². The third-order valence-corrected chi connectivity index (χ3v) is 4.51. The molecule has 18 heavy (non-hydrogen) atoms. The molecule has 2 amide bonds. The van der Waals surface area contributed by atoms with Crippen molar-refractivity contribution in [1.82, 2.24) is 10.6 Å². The summed E-state index contributed by atoms with van der Waals surface area (Å²) in [5.74, 6) is 0.710. The number of nitrogens with one attached hydrogen (secondary N) is 2. The topological polar surface area (TPSA) is 61.4 Å². The number of hydrogen-bond donors (Lipinski definition) is 3. The van der Waals surface area contributed by atoms with Gasteiger partial charge in [-0.05, 0) is 31.6 Å². The van der Waals surface area contributed by atoms with Gasteiger partial charge in [-0.3, -0.25) is 0 Å². The fourth-order valence-corrected chi connectivity index (χ4v) is 3.40. The molecule has 2 saturated carbocycles. The molecule has 2 atom stereocenters. The summed E-state index contributed by atoms with van der Waals surface area (Å²) in [5.41, 5.74) is -0.357. The maximum Gasteiger partial charge on any atom is 0.315 e. The average Bonchev–Trinajstić information content (AvgIpc) is 2.78. The van der Waals surface area contributed by atoms with Crippen molar-refractivity contribution in [3.8, 4) is 0 Å². The van der Waals surface area contributed by atoms with Crippen LogP contribution in [0.5, 0.6) is 0 Å². The molecule has 0 spiro atoms. The van der Waals surface area contributed by atoms with Gasteiger partial charge in [-0.2, -0.15) is 0 Å². The van der Waals surface area contributed by atoms with E-state index in [-0.39, 0.29) is 18.2 Å². The van der Waals surface area contributed by atoms with Crippen LogP contribution in [0.2, 0.25) is 0 Å². The van der Waals surface area contributed by atoms with Gasteiger partial charge in [0.15, 0.2) is 0 Å². The van der Waals surface area contributed by atoms with Crippen LogP contribution >= 0.6 is 0 Å². The van der Waals surface area contributed by atoms with E-state index in [0.717, 1.165) is 38.5 Å². The van der Waals surface area contributed by atoms with Crippen molar-refractivity contribution in [3.05, 3.63) is 0 Å². The second kappa shape index (κ2) is 5.91. The van der Waals surface area contributed by atoms with Crippen molar-refractivity contribution in [3.63, 3.8) is 0 Å². The van der Waals surface area contributed by atoms with Crippen LogP contribution in [-0.2, 0) is 0 Å². The van der Waals surface area contributed by atoms with Crippen molar-refractivity contribution in [2.24, 2.45) is 5.92 Å². The first-order chi connectivity index (χ1) is 8.63. The van der Waals surface area contributed by atoms with Gasteiger partial charge in [-0.1, -0.05) is 32.6 Å². The number of hydrogen-bond acceptors (Lipinski definition) is 2. The van der Waals surface area contributed by atoms with E-state index in [0.29, 0.717) is 12.0 Å². The Balaban J connectivity index is 1.80. The van der Waals surface area contributed by atoms with Gasteiger partial charge in [0.1, 0.15) is 0 Å². The lowest BCUT2D eigenvalue weighted by Crippen LogP contribution is -2.55. The molecule has 4 heteroatoms. The molecular weight excluding hydrogens is 228 g/mol. The molecule has 3 N–H and O–H groups in total. The predicted molar refractivity (Wildman–Crippen MR) is 71.4 cm³/mol. The third kappa shape index (κ3) is 3.37. The third-order valence-electron chi connectivity index (χ3n) is 4.51. The zero-order chi connectivity index (χ0) is 13.0. The molecule has 2 unspecified atom stereocenters. The Morgan fingerprint density at radius 2 is 2.00 bits per heavy atom. The highest BCUT2D eigenvalue weighted by molar-refractivity contribution is 5.75. The fraction of sp³-hybridized carbons (Fsp3) is 0.929. The monoisotopic (exact) mass is 254 g/mol. The van der Waals surface area contributed by atoms with Crippen LogP contribution in [0.1, 0.15) is 58.3 Å². The molecule has 0 aliphatic heterocycles. The number of aliphatic hydroxyl groups is 1. The minimum atomic E-state index is -0.357. The van der Waals surface area contributed by atoms with Gasteiger partial charge >= 0.3 is 6.03 Å². The number of urea groups is 1. The molecule has 0 bridgehead atoms. The molecule has 2 fully saturated rings. The maximum atomic E-state index is 12.0. The molecule has 2 rings (SSSR count). The van der Waals surface area contributed by atoms with E-state index in [4.69, 9.17) is 0 Å². The smallest absolute Gasteiger partial charge is 0.315 e. The lowest BCUT2D eigenvalue weighted by atomic mass is 9.87. The minimum absolute atomic E-state index is 0.0570. The van der Waals surface area contributed by atoms with Crippen molar-refractivity contribution < 1.29 is 9.90 Å². The first kappa shape index (κ1) is 13.7. The zero-order valence-electron chi connectivity index (χ0n) is 11.4.